The second-order valence-corrected chi connectivity index (χ2v) is 5.27. The fourth-order valence-electron chi connectivity index (χ4n) is 1.14. The average molecular weight is 197 g/mol. The van der Waals surface area contributed by atoms with Crippen LogP contribution in [0.2, 0.25) is 6.04 Å². The molecule has 1 nitrogen and oxygen atoms in total. The SMILES string of the molecule is CC(F)C(F)(F)[Si]1CCCCO1. The van der Waals surface area contributed by atoms with E-state index in [0.717, 1.165) is 19.8 Å². The van der Waals surface area contributed by atoms with Gasteiger partial charge in [-0.3, -0.25) is 0 Å². The van der Waals surface area contributed by atoms with Gasteiger partial charge in [0.15, 0.2) is 6.17 Å². The molecule has 1 rings (SSSR count). The first-order valence-electron chi connectivity index (χ1n) is 4.06. The van der Waals surface area contributed by atoms with Crippen molar-refractivity contribution in [1.29, 1.82) is 0 Å². The number of hydrogen-bond acceptors (Lipinski definition) is 1. The maximum atomic E-state index is 13.0. The lowest BCUT2D eigenvalue weighted by Gasteiger charge is -2.28. The van der Waals surface area contributed by atoms with Crippen LogP contribution >= 0.6 is 0 Å². The van der Waals surface area contributed by atoms with Crippen LogP contribution in [0.1, 0.15) is 19.8 Å². The van der Waals surface area contributed by atoms with E-state index in [4.69, 9.17) is 4.43 Å². The summed E-state index contributed by atoms with van der Waals surface area (Å²) in [5, 5.41) is 0. The molecule has 0 saturated carbocycles. The van der Waals surface area contributed by atoms with Crippen LogP contribution in [0.15, 0.2) is 0 Å². The van der Waals surface area contributed by atoms with Crippen molar-refractivity contribution >= 4 is 9.04 Å². The molecule has 0 aromatic rings. The quantitative estimate of drug-likeness (QED) is 0.617. The van der Waals surface area contributed by atoms with Gasteiger partial charge in [-0.05, 0) is 19.4 Å². The summed E-state index contributed by atoms with van der Waals surface area (Å²) in [6, 6.07) is 0.367. The van der Waals surface area contributed by atoms with Gasteiger partial charge in [0, 0.05) is 6.61 Å². The highest BCUT2D eigenvalue weighted by atomic mass is 28.3. The zero-order valence-electron chi connectivity index (χ0n) is 6.95. The summed E-state index contributed by atoms with van der Waals surface area (Å²) >= 11 is 0. The molecule has 1 saturated heterocycles. The molecular weight excluding hydrogens is 185 g/mol. The fraction of sp³-hybridized carbons (Fsp3) is 1.00. The fourth-order valence-corrected chi connectivity index (χ4v) is 3.22. The predicted octanol–water partition coefficient (Wildman–Crippen LogP) is 2.32. The third-order valence-electron chi connectivity index (χ3n) is 1.95. The summed E-state index contributed by atoms with van der Waals surface area (Å²) < 4.78 is 43.3. The van der Waals surface area contributed by atoms with Gasteiger partial charge in [0.1, 0.15) is 0 Å². The van der Waals surface area contributed by atoms with Gasteiger partial charge < -0.3 is 4.43 Å². The molecular formula is C7H12F3OSi. The Balaban J connectivity index is 2.53. The Morgan fingerprint density at radius 3 is 2.50 bits per heavy atom. The zero-order chi connectivity index (χ0) is 9.19. The number of hydrogen-bond donors (Lipinski definition) is 0. The second-order valence-electron chi connectivity index (χ2n) is 2.97. The van der Waals surface area contributed by atoms with Crippen molar-refractivity contribution in [3.8, 4) is 0 Å². The van der Waals surface area contributed by atoms with E-state index in [0.29, 0.717) is 12.7 Å². The third kappa shape index (κ3) is 2.01. The number of halogens is 3. The van der Waals surface area contributed by atoms with Gasteiger partial charge in [-0.1, -0.05) is 6.42 Å². The van der Waals surface area contributed by atoms with E-state index in [1.165, 1.54) is 0 Å². The van der Waals surface area contributed by atoms with E-state index in [-0.39, 0.29) is 0 Å². The standard InChI is InChI=1S/C7H12F3OSi/c1-6(8)7(9,10)12-5-3-2-4-11-12/h6H,2-5H2,1H3. The summed E-state index contributed by atoms with van der Waals surface area (Å²) in [5.74, 6) is 0. The molecule has 0 aromatic heterocycles. The lowest BCUT2D eigenvalue weighted by atomic mass is 10.4. The first-order valence-corrected chi connectivity index (χ1v) is 5.67. The minimum Gasteiger partial charge on any atom is -0.410 e. The van der Waals surface area contributed by atoms with Crippen molar-refractivity contribution in [2.24, 2.45) is 0 Å². The van der Waals surface area contributed by atoms with Crippen LogP contribution in [0.25, 0.3) is 0 Å². The first-order chi connectivity index (χ1) is 5.55. The molecule has 1 atom stereocenters. The van der Waals surface area contributed by atoms with Crippen molar-refractivity contribution in [2.45, 2.75) is 37.5 Å². The Morgan fingerprint density at radius 2 is 2.08 bits per heavy atom. The van der Waals surface area contributed by atoms with Crippen molar-refractivity contribution in [3.63, 3.8) is 0 Å². The topological polar surface area (TPSA) is 9.23 Å². The largest absolute Gasteiger partial charge is 0.410 e. The first kappa shape index (κ1) is 10.1. The Hall–Kier alpha value is -0.0331. The molecule has 12 heavy (non-hydrogen) atoms. The molecule has 0 spiro atoms. The van der Waals surface area contributed by atoms with Crippen LogP contribution in [0.4, 0.5) is 13.2 Å². The Labute approximate surface area is 71.6 Å². The summed E-state index contributed by atoms with van der Waals surface area (Å²) in [6.07, 6.45) is -0.508. The molecule has 5 heteroatoms. The van der Waals surface area contributed by atoms with Crippen LogP contribution in [-0.2, 0) is 4.43 Å². The minimum atomic E-state index is -3.22. The third-order valence-corrected chi connectivity index (χ3v) is 4.45. The predicted molar refractivity (Wildman–Crippen MR) is 41.3 cm³/mol. The van der Waals surface area contributed by atoms with Gasteiger partial charge in [0.25, 0.3) is 14.6 Å². The van der Waals surface area contributed by atoms with Crippen molar-refractivity contribution < 1.29 is 17.6 Å². The Bertz CT molecular complexity index is 146. The molecule has 71 valence electrons. The van der Waals surface area contributed by atoms with Crippen molar-refractivity contribution in [3.05, 3.63) is 0 Å². The summed E-state index contributed by atoms with van der Waals surface area (Å²) in [5.41, 5.74) is -3.22. The molecule has 1 aliphatic rings. The van der Waals surface area contributed by atoms with Crippen LogP contribution in [0, 0.1) is 0 Å². The van der Waals surface area contributed by atoms with Crippen LogP contribution in [-0.4, -0.2) is 27.4 Å². The van der Waals surface area contributed by atoms with Gasteiger partial charge >= 0.3 is 0 Å². The van der Waals surface area contributed by atoms with E-state index in [1.807, 2.05) is 0 Å². The normalized spacial score (nSPS) is 24.0. The highest BCUT2D eigenvalue weighted by molar-refractivity contribution is 6.55. The van der Waals surface area contributed by atoms with Crippen LogP contribution in [0.3, 0.4) is 0 Å². The van der Waals surface area contributed by atoms with E-state index in [2.05, 4.69) is 0 Å². The van der Waals surface area contributed by atoms with E-state index in [9.17, 15) is 13.2 Å². The molecule has 1 unspecified atom stereocenters. The van der Waals surface area contributed by atoms with Gasteiger partial charge in [-0.25, -0.2) is 13.2 Å². The lowest BCUT2D eigenvalue weighted by Crippen LogP contribution is -2.48. The van der Waals surface area contributed by atoms with Crippen LogP contribution < -0.4 is 0 Å². The second kappa shape index (κ2) is 3.78. The highest BCUT2D eigenvalue weighted by Crippen LogP contribution is 2.30. The number of rotatable bonds is 2. The average Bonchev–Trinajstić information content (AvgIpc) is 2.06. The van der Waals surface area contributed by atoms with Crippen molar-refractivity contribution in [1.82, 2.24) is 0 Å². The summed E-state index contributed by atoms with van der Waals surface area (Å²) in [6.45, 7) is 1.27. The van der Waals surface area contributed by atoms with E-state index >= 15 is 0 Å². The maximum Gasteiger partial charge on any atom is 0.298 e. The summed E-state index contributed by atoms with van der Waals surface area (Å²) in [7, 11) is -2.23. The molecule has 0 bridgehead atoms. The molecule has 0 aliphatic carbocycles. The smallest absolute Gasteiger partial charge is 0.298 e. The minimum absolute atomic E-state index is 0.367. The monoisotopic (exact) mass is 197 g/mol. The lowest BCUT2D eigenvalue weighted by molar-refractivity contribution is -0.0118. The number of alkyl halides is 3. The summed E-state index contributed by atoms with van der Waals surface area (Å²) in [4.78, 5) is 0. The molecule has 0 amide bonds. The molecule has 1 radical (unpaired) electrons. The van der Waals surface area contributed by atoms with E-state index < -0.39 is 20.8 Å². The Morgan fingerprint density at radius 1 is 1.42 bits per heavy atom. The van der Waals surface area contributed by atoms with Gasteiger partial charge in [-0.15, -0.1) is 0 Å². The molecule has 1 aliphatic heterocycles. The zero-order valence-corrected chi connectivity index (χ0v) is 7.95. The highest BCUT2D eigenvalue weighted by Gasteiger charge is 2.49. The molecule has 0 N–H and O–H groups in total. The molecule has 0 aromatic carbocycles. The van der Waals surface area contributed by atoms with Crippen molar-refractivity contribution in [2.75, 3.05) is 6.61 Å². The van der Waals surface area contributed by atoms with Gasteiger partial charge in [0.05, 0.1) is 0 Å². The van der Waals surface area contributed by atoms with Gasteiger partial charge in [-0.2, -0.15) is 0 Å². The van der Waals surface area contributed by atoms with Crippen LogP contribution in [0.5, 0.6) is 0 Å². The van der Waals surface area contributed by atoms with Gasteiger partial charge in [0.2, 0.25) is 0 Å². The Kier molecular flexibility index (Phi) is 3.17. The maximum absolute atomic E-state index is 13.0. The van der Waals surface area contributed by atoms with E-state index in [1.54, 1.807) is 0 Å². The molecule has 1 fully saturated rings. The molecule has 1 heterocycles.